The summed E-state index contributed by atoms with van der Waals surface area (Å²) in [4.78, 5) is 8.36. The van der Waals surface area contributed by atoms with Gasteiger partial charge in [-0.3, -0.25) is 4.79 Å². The molecule has 0 unspecified atom stereocenters. The van der Waals surface area contributed by atoms with E-state index in [0.717, 1.165) is 5.02 Å². The van der Waals surface area contributed by atoms with Crippen molar-refractivity contribution in [2.75, 3.05) is 0 Å². The maximum Gasteiger partial charge on any atom is 0.290 e. The van der Waals surface area contributed by atoms with Crippen molar-refractivity contribution < 1.29 is 15.4 Å². The summed E-state index contributed by atoms with van der Waals surface area (Å²) < 4.78 is 0. The minimum atomic E-state index is -0.250. The van der Waals surface area contributed by atoms with Crippen LogP contribution in [0.15, 0.2) is 30.3 Å². The zero-order chi connectivity index (χ0) is 7.82. The van der Waals surface area contributed by atoms with Gasteiger partial charge in [0.05, 0.1) is 0 Å². The molecule has 0 spiro atoms. The van der Waals surface area contributed by atoms with E-state index in [1.165, 1.54) is 0 Å². The molecule has 0 amide bonds. The van der Waals surface area contributed by atoms with Crippen LogP contribution in [0.1, 0.15) is 0 Å². The predicted octanol–water partition coefficient (Wildman–Crippen LogP) is 1.22. The molecule has 1 rings (SSSR count). The van der Waals surface area contributed by atoms with E-state index in [2.05, 4.69) is 0 Å². The molecule has 0 aliphatic heterocycles. The molecule has 0 aromatic heterocycles. The molecule has 0 fully saturated rings. The van der Waals surface area contributed by atoms with Crippen LogP contribution < -0.4 is 0 Å². The van der Waals surface area contributed by atoms with Crippen LogP contribution in [0.4, 0.5) is 0 Å². The molecule has 1 aromatic rings. The molecule has 4 heteroatoms. The smallest absolute Gasteiger partial charge is 0.290 e. The number of rotatable bonds is 0. The Labute approximate surface area is 69.5 Å². The monoisotopic (exact) mass is 176 g/mol. The van der Waals surface area contributed by atoms with E-state index in [-0.39, 0.29) is 11.9 Å². The summed E-state index contributed by atoms with van der Waals surface area (Å²) in [5, 5.41) is 7.68. The van der Waals surface area contributed by atoms with Gasteiger partial charge in [0, 0.05) is 5.02 Å². The lowest BCUT2D eigenvalue weighted by Gasteiger charge is -1.80. The predicted molar refractivity (Wildman–Crippen MR) is 43.8 cm³/mol. The summed E-state index contributed by atoms with van der Waals surface area (Å²) in [5.41, 5.74) is 0. The summed E-state index contributed by atoms with van der Waals surface area (Å²) in [7, 11) is 0. The Bertz CT molecular complexity index is 176. The molecule has 0 aliphatic rings. The van der Waals surface area contributed by atoms with Gasteiger partial charge in [-0.2, -0.15) is 0 Å². The number of hydrogen-bond acceptors (Lipinski definition) is 1. The van der Waals surface area contributed by atoms with Crippen LogP contribution in [0, 0.1) is 0 Å². The fourth-order valence-corrected chi connectivity index (χ4v) is 0.560. The van der Waals surface area contributed by atoms with Gasteiger partial charge in [-0.05, 0) is 12.1 Å². The first-order valence-corrected chi connectivity index (χ1v) is 2.97. The fourth-order valence-electron chi connectivity index (χ4n) is 0.415. The SMILES string of the molecule is Clc1ccccc1.O.O=CO. The van der Waals surface area contributed by atoms with Crippen molar-refractivity contribution >= 4 is 18.1 Å². The first kappa shape index (κ1) is 12.6. The Morgan fingerprint density at radius 2 is 1.64 bits per heavy atom. The second-order valence-electron chi connectivity index (χ2n) is 1.40. The van der Waals surface area contributed by atoms with Crippen LogP contribution in [-0.4, -0.2) is 17.1 Å². The highest BCUT2D eigenvalue weighted by Gasteiger charge is 1.74. The van der Waals surface area contributed by atoms with Crippen molar-refractivity contribution in [3.05, 3.63) is 35.4 Å². The standard InChI is InChI=1S/C6H5Cl.CH2O2.H2O/c7-6-4-2-1-3-5-6;2-1-3;/h1-5H;1H,(H,2,3);1H2. The second-order valence-corrected chi connectivity index (χ2v) is 1.84. The minimum Gasteiger partial charge on any atom is -0.483 e. The van der Waals surface area contributed by atoms with E-state index in [4.69, 9.17) is 21.5 Å². The number of benzene rings is 1. The third kappa shape index (κ3) is 8.94. The molecule has 3 N–H and O–H groups in total. The Hall–Kier alpha value is -1.06. The van der Waals surface area contributed by atoms with Crippen LogP contribution in [0.5, 0.6) is 0 Å². The largest absolute Gasteiger partial charge is 0.483 e. The van der Waals surface area contributed by atoms with Gasteiger partial charge >= 0.3 is 0 Å². The summed E-state index contributed by atoms with van der Waals surface area (Å²) >= 11 is 5.54. The van der Waals surface area contributed by atoms with Crippen molar-refractivity contribution in [3.63, 3.8) is 0 Å². The second kappa shape index (κ2) is 8.94. The zero-order valence-corrected chi connectivity index (χ0v) is 6.45. The van der Waals surface area contributed by atoms with Crippen molar-refractivity contribution in [1.29, 1.82) is 0 Å². The maximum atomic E-state index is 8.36. The van der Waals surface area contributed by atoms with Gasteiger partial charge in [0.2, 0.25) is 0 Å². The van der Waals surface area contributed by atoms with Gasteiger partial charge in [0.15, 0.2) is 0 Å². The topological polar surface area (TPSA) is 68.8 Å². The van der Waals surface area contributed by atoms with E-state index < -0.39 is 0 Å². The highest BCUT2D eigenvalue weighted by atomic mass is 35.5. The van der Waals surface area contributed by atoms with Crippen LogP contribution in [0.25, 0.3) is 0 Å². The zero-order valence-electron chi connectivity index (χ0n) is 5.70. The van der Waals surface area contributed by atoms with E-state index in [1.54, 1.807) is 0 Å². The Morgan fingerprint density at radius 1 is 1.27 bits per heavy atom. The quantitative estimate of drug-likeness (QED) is 0.604. The van der Waals surface area contributed by atoms with E-state index in [0.29, 0.717) is 0 Å². The molecule has 0 aliphatic carbocycles. The third-order valence-electron chi connectivity index (χ3n) is 0.733. The normalized spacial score (nSPS) is 6.64. The minimum absolute atomic E-state index is 0. The average molecular weight is 177 g/mol. The highest BCUT2D eigenvalue weighted by Crippen LogP contribution is 2.03. The number of halogens is 1. The van der Waals surface area contributed by atoms with Gasteiger partial charge in [0.25, 0.3) is 6.47 Å². The maximum absolute atomic E-state index is 8.36. The lowest BCUT2D eigenvalue weighted by atomic mass is 10.4. The fraction of sp³-hybridized carbons (Fsp3) is 0. The molecule has 3 nitrogen and oxygen atoms in total. The Kier molecular flexibility index (Phi) is 10.2. The van der Waals surface area contributed by atoms with Gasteiger partial charge in [0.1, 0.15) is 0 Å². The van der Waals surface area contributed by atoms with Crippen molar-refractivity contribution in [1.82, 2.24) is 0 Å². The Balaban J connectivity index is 0. The molecular weight excluding hydrogens is 168 g/mol. The third-order valence-corrected chi connectivity index (χ3v) is 0.985. The van der Waals surface area contributed by atoms with Crippen molar-refractivity contribution in [2.24, 2.45) is 0 Å². The van der Waals surface area contributed by atoms with Gasteiger partial charge in [-0.25, -0.2) is 0 Å². The highest BCUT2D eigenvalue weighted by molar-refractivity contribution is 6.30. The summed E-state index contributed by atoms with van der Waals surface area (Å²) in [6.07, 6.45) is 0. The van der Waals surface area contributed by atoms with Crippen molar-refractivity contribution in [3.8, 4) is 0 Å². The molecule has 0 bridgehead atoms. The van der Waals surface area contributed by atoms with Crippen LogP contribution in [0.2, 0.25) is 5.02 Å². The first-order valence-electron chi connectivity index (χ1n) is 2.59. The van der Waals surface area contributed by atoms with Crippen molar-refractivity contribution in [2.45, 2.75) is 0 Å². The molecule has 0 saturated carbocycles. The first-order chi connectivity index (χ1) is 4.81. The number of hydrogen-bond donors (Lipinski definition) is 1. The molecule has 1 aromatic carbocycles. The molecule has 0 heterocycles. The lowest BCUT2D eigenvalue weighted by molar-refractivity contribution is -0.122. The molecule has 0 radical (unpaired) electrons. The summed E-state index contributed by atoms with van der Waals surface area (Å²) in [6, 6.07) is 9.44. The molecule has 0 atom stereocenters. The van der Waals surface area contributed by atoms with Crippen LogP contribution in [0.3, 0.4) is 0 Å². The van der Waals surface area contributed by atoms with Crippen LogP contribution >= 0.6 is 11.6 Å². The average Bonchev–Trinajstić information content (AvgIpc) is 1.91. The van der Waals surface area contributed by atoms with Crippen LogP contribution in [-0.2, 0) is 4.79 Å². The molecule has 62 valence electrons. The van der Waals surface area contributed by atoms with E-state index >= 15 is 0 Å². The Morgan fingerprint density at radius 3 is 1.82 bits per heavy atom. The van der Waals surface area contributed by atoms with E-state index in [9.17, 15) is 0 Å². The van der Waals surface area contributed by atoms with Gasteiger partial charge in [-0.1, -0.05) is 29.8 Å². The number of carbonyl (C=O) groups is 1. The van der Waals surface area contributed by atoms with Gasteiger partial charge < -0.3 is 10.6 Å². The van der Waals surface area contributed by atoms with Gasteiger partial charge in [-0.15, -0.1) is 0 Å². The molecular formula is C7H9ClO3. The van der Waals surface area contributed by atoms with E-state index in [1.807, 2.05) is 30.3 Å². The summed E-state index contributed by atoms with van der Waals surface area (Å²) in [6.45, 7) is -0.250. The lowest BCUT2D eigenvalue weighted by Crippen LogP contribution is -1.55. The molecule has 11 heavy (non-hydrogen) atoms. The number of carboxylic acid groups (broad SMARTS) is 1. The molecule has 0 saturated heterocycles. The summed E-state index contributed by atoms with van der Waals surface area (Å²) in [5.74, 6) is 0.